The highest BCUT2D eigenvalue weighted by molar-refractivity contribution is 6.30. The van der Waals surface area contributed by atoms with Gasteiger partial charge in [0.15, 0.2) is 0 Å². The van der Waals surface area contributed by atoms with E-state index in [1.807, 2.05) is 25.2 Å². The number of hydrogen-bond acceptors (Lipinski definition) is 4. The van der Waals surface area contributed by atoms with Gasteiger partial charge in [0, 0.05) is 23.7 Å². The van der Waals surface area contributed by atoms with E-state index in [9.17, 15) is 0 Å². The van der Waals surface area contributed by atoms with Gasteiger partial charge in [0.2, 0.25) is 0 Å². The van der Waals surface area contributed by atoms with Crippen LogP contribution in [0.25, 0.3) is 0 Å². The molecular formula is C16H25ClN2O2. The van der Waals surface area contributed by atoms with Gasteiger partial charge in [-0.05, 0) is 38.2 Å². The molecular weight excluding hydrogens is 288 g/mol. The van der Waals surface area contributed by atoms with Crippen LogP contribution in [0.3, 0.4) is 0 Å². The monoisotopic (exact) mass is 312 g/mol. The second kappa shape index (κ2) is 7.99. The smallest absolute Gasteiger partial charge is 0.123 e. The first kappa shape index (κ1) is 16.6. The first-order chi connectivity index (χ1) is 10.2. The lowest BCUT2D eigenvalue weighted by atomic mass is 9.99. The lowest BCUT2D eigenvalue weighted by Gasteiger charge is -2.37. The standard InChI is InChI=1S/C16H25ClN2O2/c1-4-7-19-8-9-21-15(11-19)16(18-2)13-10-12(17)5-6-14(13)20-3/h5-6,10,15-16,18H,4,7-9,11H2,1-3H3. The predicted molar refractivity (Wildman–Crippen MR) is 86.3 cm³/mol. The molecule has 0 amide bonds. The molecule has 2 atom stereocenters. The Morgan fingerprint density at radius 1 is 1.52 bits per heavy atom. The highest BCUT2D eigenvalue weighted by Gasteiger charge is 2.30. The van der Waals surface area contributed by atoms with Gasteiger partial charge in [-0.25, -0.2) is 0 Å². The van der Waals surface area contributed by atoms with Crippen molar-refractivity contribution in [3.05, 3.63) is 28.8 Å². The maximum Gasteiger partial charge on any atom is 0.123 e. The van der Waals surface area contributed by atoms with Crippen molar-refractivity contribution < 1.29 is 9.47 Å². The van der Waals surface area contributed by atoms with Crippen molar-refractivity contribution in [2.75, 3.05) is 40.4 Å². The molecule has 0 radical (unpaired) electrons. The van der Waals surface area contributed by atoms with Crippen molar-refractivity contribution in [2.45, 2.75) is 25.5 Å². The summed E-state index contributed by atoms with van der Waals surface area (Å²) in [6.45, 7) is 6.02. The van der Waals surface area contributed by atoms with Crippen LogP contribution in [0, 0.1) is 0 Å². The molecule has 0 bridgehead atoms. The van der Waals surface area contributed by atoms with Gasteiger partial charge in [0.05, 0.1) is 25.9 Å². The quantitative estimate of drug-likeness (QED) is 0.876. The van der Waals surface area contributed by atoms with E-state index in [1.165, 1.54) is 0 Å². The highest BCUT2D eigenvalue weighted by atomic mass is 35.5. The molecule has 0 saturated carbocycles. The van der Waals surface area contributed by atoms with Gasteiger partial charge < -0.3 is 14.8 Å². The molecule has 1 heterocycles. The SMILES string of the molecule is CCCN1CCOC(C(NC)c2cc(Cl)ccc2OC)C1. The zero-order valence-corrected chi connectivity index (χ0v) is 13.8. The van der Waals surface area contributed by atoms with Gasteiger partial charge in [-0.2, -0.15) is 0 Å². The van der Waals surface area contributed by atoms with Crippen molar-refractivity contribution in [1.29, 1.82) is 0 Å². The van der Waals surface area contributed by atoms with Crippen LogP contribution < -0.4 is 10.1 Å². The predicted octanol–water partition coefficient (Wildman–Crippen LogP) is 2.72. The minimum Gasteiger partial charge on any atom is -0.496 e. The van der Waals surface area contributed by atoms with Crippen LogP contribution >= 0.6 is 11.6 Å². The molecule has 0 spiro atoms. The summed E-state index contributed by atoms with van der Waals surface area (Å²) in [5.74, 6) is 0.843. The molecule has 1 aliphatic heterocycles. The van der Waals surface area contributed by atoms with Crippen LogP contribution in [0.5, 0.6) is 5.75 Å². The molecule has 1 aliphatic rings. The normalized spacial score (nSPS) is 21.2. The van der Waals surface area contributed by atoms with Crippen LogP contribution in [0.1, 0.15) is 24.9 Å². The number of morpholine rings is 1. The highest BCUT2D eigenvalue weighted by Crippen LogP contribution is 2.32. The number of halogens is 1. The van der Waals surface area contributed by atoms with E-state index in [1.54, 1.807) is 7.11 Å². The lowest BCUT2D eigenvalue weighted by molar-refractivity contribution is -0.0461. The molecule has 0 aliphatic carbocycles. The fourth-order valence-electron chi connectivity index (χ4n) is 2.94. The minimum absolute atomic E-state index is 0.0679. The average molecular weight is 313 g/mol. The summed E-state index contributed by atoms with van der Waals surface area (Å²) in [5.41, 5.74) is 1.05. The van der Waals surface area contributed by atoms with Gasteiger partial charge in [0.1, 0.15) is 5.75 Å². The molecule has 1 aromatic rings. The molecule has 1 aromatic carbocycles. The van der Waals surface area contributed by atoms with Crippen LogP contribution in [0.2, 0.25) is 5.02 Å². The number of ether oxygens (including phenoxy) is 2. The topological polar surface area (TPSA) is 33.7 Å². The summed E-state index contributed by atoms with van der Waals surface area (Å²) in [6.07, 6.45) is 1.26. The first-order valence-electron chi connectivity index (χ1n) is 7.54. The summed E-state index contributed by atoms with van der Waals surface area (Å²) in [6, 6.07) is 5.79. The summed E-state index contributed by atoms with van der Waals surface area (Å²) in [4.78, 5) is 2.45. The van der Waals surface area contributed by atoms with Gasteiger partial charge in [-0.3, -0.25) is 4.90 Å². The summed E-state index contributed by atoms with van der Waals surface area (Å²) in [5, 5.41) is 4.08. The van der Waals surface area contributed by atoms with Gasteiger partial charge in [-0.15, -0.1) is 0 Å². The number of benzene rings is 1. The number of nitrogens with one attached hydrogen (secondary N) is 1. The third-order valence-corrected chi connectivity index (χ3v) is 4.16. The Morgan fingerprint density at radius 3 is 3.00 bits per heavy atom. The van der Waals surface area contributed by atoms with E-state index in [4.69, 9.17) is 21.1 Å². The van der Waals surface area contributed by atoms with E-state index in [-0.39, 0.29) is 12.1 Å². The van der Waals surface area contributed by atoms with Crippen molar-refractivity contribution in [3.63, 3.8) is 0 Å². The third-order valence-electron chi connectivity index (χ3n) is 3.93. The van der Waals surface area contributed by atoms with Crippen molar-refractivity contribution in [3.8, 4) is 5.75 Å². The van der Waals surface area contributed by atoms with E-state index in [2.05, 4.69) is 17.1 Å². The van der Waals surface area contributed by atoms with Crippen molar-refractivity contribution in [2.24, 2.45) is 0 Å². The molecule has 0 aromatic heterocycles. The Kier molecular flexibility index (Phi) is 6.30. The molecule has 1 fully saturated rings. The number of hydrogen-bond donors (Lipinski definition) is 1. The fourth-order valence-corrected chi connectivity index (χ4v) is 3.12. The van der Waals surface area contributed by atoms with E-state index in [0.717, 1.165) is 44.0 Å². The maximum absolute atomic E-state index is 6.16. The second-order valence-electron chi connectivity index (χ2n) is 5.36. The first-order valence-corrected chi connectivity index (χ1v) is 7.92. The molecule has 2 rings (SSSR count). The molecule has 4 nitrogen and oxygen atoms in total. The van der Waals surface area contributed by atoms with Crippen LogP contribution in [0.4, 0.5) is 0 Å². The largest absolute Gasteiger partial charge is 0.496 e. The van der Waals surface area contributed by atoms with Crippen LogP contribution in [0.15, 0.2) is 18.2 Å². The summed E-state index contributed by atoms with van der Waals surface area (Å²) < 4.78 is 11.5. The van der Waals surface area contributed by atoms with Gasteiger partial charge in [0.25, 0.3) is 0 Å². The molecule has 5 heteroatoms. The lowest BCUT2D eigenvalue weighted by Crippen LogP contribution is -2.47. The Balaban J connectivity index is 2.20. The average Bonchev–Trinajstić information content (AvgIpc) is 2.49. The summed E-state index contributed by atoms with van der Waals surface area (Å²) in [7, 11) is 3.64. The van der Waals surface area contributed by atoms with Crippen molar-refractivity contribution >= 4 is 11.6 Å². The Hall–Kier alpha value is -0.810. The second-order valence-corrected chi connectivity index (χ2v) is 5.80. The summed E-state index contributed by atoms with van der Waals surface area (Å²) >= 11 is 6.16. The van der Waals surface area contributed by atoms with Crippen LogP contribution in [-0.2, 0) is 4.74 Å². The number of likely N-dealkylation sites (N-methyl/N-ethyl adjacent to an activating group) is 1. The number of methoxy groups -OCH3 is 1. The molecule has 118 valence electrons. The number of nitrogens with zero attached hydrogens (tertiary/aromatic N) is 1. The van der Waals surface area contributed by atoms with E-state index < -0.39 is 0 Å². The van der Waals surface area contributed by atoms with Crippen molar-refractivity contribution in [1.82, 2.24) is 10.2 Å². The molecule has 1 saturated heterocycles. The fraction of sp³-hybridized carbons (Fsp3) is 0.625. The minimum atomic E-state index is 0.0679. The maximum atomic E-state index is 6.16. The third kappa shape index (κ3) is 4.10. The Morgan fingerprint density at radius 2 is 2.33 bits per heavy atom. The molecule has 1 N–H and O–H groups in total. The Bertz CT molecular complexity index is 454. The molecule has 2 unspecified atom stereocenters. The van der Waals surface area contributed by atoms with E-state index in [0.29, 0.717) is 5.02 Å². The molecule has 21 heavy (non-hydrogen) atoms. The zero-order valence-electron chi connectivity index (χ0n) is 13.1. The Labute approximate surface area is 132 Å². The number of rotatable bonds is 6. The van der Waals surface area contributed by atoms with Crippen LogP contribution in [-0.4, -0.2) is 51.4 Å². The van der Waals surface area contributed by atoms with Gasteiger partial charge in [-0.1, -0.05) is 18.5 Å². The van der Waals surface area contributed by atoms with Gasteiger partial charge >= 0.3 is 0 Å². The van der Waals surface area contributed by atoms with E-state index >= 15 is 0 Å². The zero-order chi connectivity index (χ0) is 15.2.